The molecule has 23 heavy (non-hydrogen) atoms. The molecule has 1 amide bonds. The maximum atomic E-state index is 12.1. The number of nitrogens with zero attached hydrogens (tertiary/aromatic N) is 1. The van der Waals surface area contributed by atoms with Gasteiger partial charge in [0.2, 0.25) is 15.9 Å². The average molecular weight is 394 g/mol. The number of halogens is 1. The molecule has 0 unspecified atom stereocenters. The molecular weight excluding hydrogens is 382 g/mol. The smallest absolute Gasteiger partial charge is 0.241 e. The second kappa shape index (κ2) is 7.37. The first-order valence-electron chi connectivity index (χ1n) is 6.46. The molecule has 0 spiro atoms. The number of nitrogens with one attached hydrogen (secondary N) is 2. The first kappa shape index (κ1) is 17.1. The Morgan fingerprint density at radius 1 is 1.17 bits per heavy atom. The van der Waals surface area contributed by atoms with E-state index in [4.69, 9.17) is 5.26 Å². The summed E-state index contributed by atoms with van der Waals surface area (Å²) in [6.07, 6.45) is 0. The number of amides is 1. The Kier molecular flexibility index (Phi) is 5.50. The number of hydrogen-bond donors (Lipinski definition) is 2. The SMILES string of the molecule is N#Cc1cccc(NC(=O)CNS(=O)(=O)c2ccc(Br)cc2)c1. The zero-order chi connectivity index (χ0) is 16.9. The van der Waals surface area contributed by atoms with Crippen LogP contribution in [0.3, 0.4) is 0 Å². The van der Waals surface area contributed by atoms with E-state index in [1.54, 1.807) is 30.3 Å². The normalized spacial score (nSPS) is 10.8. The summed E-state index contributed by atoms with van der Waals surface area (Å²) in [5.74, 6) is -0.527. The summed E-state index contributed by atoms with van der Waals surface area (Å²) < 4.78 is 27.1. The number of carbonyl (C=O) groups is 1. The Balaban J connectivity index is 1.98. The molecule has 0 fully saturated rings. The van der Waals surface area contributed by atoms with Crippen molar-refractivity contribution in [2.45, 2.75) is 4.90 Å². The van der Waals surface area contributed by atoms with Crippen LogP contribution in [0.2, 0.25) is 0 Å². The third kappa shape index (κ3) is 4.89. The lowest BCUT2D eigenvalue weighted by molar-refractivity contribution is -0.115. The second-order valence-electron chi connectivity index (χ2n) is 4.52. The van der Waals surface area contributed by atoms with E-state index in [1.165, 1.54) is 18.2 Å². The molecule has 2 N–H and O–H groups in total. The van der Waals surface area contributed by atoms with Gasteiger partial charge in [0.1, 0.15) is 0 Å². The van der Waals surface area contributed by atoms with Crippen molar-refractivity contribution >= 4 is 37.5 Å². The van der Waals surface area contributed by atoms with Gasteiger partial charge < -0.3 is 5.32 Å². The lowest BCUT2D eigenvalue weighted by Crippen LogP contribution is -2.32. The van der Waals surface area contributed by atoms with E-state index in [-0.39, 0.29) is 4.90 Å². The molecule has 2 aromatic rings. The minimum absolute atomic E-state index is 0.0694. The van der Waals surface area contributed by atoms with Crippen LogP contribution in [0.25, 0.3) is 0 Å². The molecule has 0 saturated heterocycles. The van der Waals surface area contributed by atoms with Gasteiger partial charge in [-0.1, -0.05) is 22.0 Å². The molecule has 118 valence electrons. The summed E-state index contributed by atoms with van der Waals surface area (Å²) in [5, 5.41) is 11.3. The van der Waals surface area contributed by atoms with Crippen LogP contribution in [0.5, 0.6) is 0 Å². The molecule has 0 saturated carbocycles. The van der Waals surface area contributed by atoms with Crippen LogP contribution in [0.4, 0.5) is 5.69 Å². The fourth-order valence-electron chi connectivity index (χ4n) is 1.73. The maximum absolute atomic E-state index is 12.1. The number of nitriles is 1. The van der Waals surface area contributed by atoms with Crippen LogP contribution >= 0.6 is 15.9 Å². The highest BCUT2D eigenvalue weighted by Gasteiger charge is 2.15. The molecule has 2 rings (SSSR count). The fraction of sp³-hybridized carbons (Fsp3) is 0.0667. The second-order valence-corrected chi connectivity index (χ2v) is 7.20. The van der Waals surface area contributed by atoms with Crippen LogP contribution in [-0.4, -0.2) is 20.9 Å². The highest BCUT2D eigenvalue weighted by atomic mass is 79.9. The molecule has 0 bridgehead atoms. The van der Waals surface area contributed by atoms with Crippen molar-refractivity contribution in [3.63, 3.8) is 0 Å². The number of hydrogen-bond acceptors (Lipinski definition) is 4. The van der Waals surface area contributed by atoms with Gasteiger partial charge in [0.15, 0.2) is 0 Å². The molecule has 0 aliphatic heterocycles. The van der Waals surface area contributed by atoms with Crippen molar-refractivity contribution in [1.82, 2.24) is 4.72 Å². The van der Waals surface area contributed by atoms with Crippen LogP contribution in [0, 0.1) is 11.3 Å². The minimum atomic E-state index is -3.76. The number of rotatable bonds is 5. The number of benzene rings is 2. The van der Waals surface area contributed by atoms with E-state index in [0.29, 0.717) is 11.3 Å². The summed E-state index contributed by atoms with van der Waals surface area (Å²) in [6.45, 7) is -0.408. The lowest BCUT2D eigenvalue weighted by Gasteiger charge is -2.08. The van der Waals surface area contributed by atoms with Gasteiger partial charge in [0.25, 0.3) is 0 Å². The quantitative estimate of drug-likeness (QED) is 0.813. The van der Waals surface area contributed by atoms with Crippen molar-refractivity contribution in [3.05, 3.63) is 58.6 Å². The third-order valence-corrected chi connectivity index (χ3v) is 4.77. The minimum Gasteiger partial charge on any atom is -0.325 e. The van der Waals surface area contributed by atoms with Crippen LogP contribution in [0.15, 0.2) is 57.9 Å². The van der Waals surface area contributed by atoms with Crippen molar-refractivity contribution < 1.29 is 13.2 Å². The van der Waals surface area contributed by atoms with Crippen molar-refractivity contribution in [2.75, 3.05) is 11.9 Å². The Morgan fingerprint density at radius 2 is 1.87 bits per heavy atom. The predicted octanol–water partition coefficient (Wildman–Crippen LogP) is 2.24. The summed E-state index contributed by atoms with van der Waals surface area (Å²) in [4.78, 5) is 11.9. The van der Waals surface area contributed by atoms with Crippen LogP contribution in [-0.2, 0) is 14.8 Å². The fourth-order valence-corrected chi connectivity index (χ4v) is 2.98. The lowest BCUT2D eigenvalue weighted by atomic mass is 10.2. The average Bonchev–Trinajstić information content (AvgIpc) is 2.54. The van der Waals surface area contributed by atoms with Crippen molar-refractivity contribution in [3.8, 4) is 6.07 Å². The Labute approximate surface area is 142 Å². The first-order chi connectivity index (χ1) is 10.9. The molecule has 0 aliphatic rings. The summed E-state index contributed by atoms with van der Waals surface area (Å²) >= 11 is 3.22. The van der Waals surface area contributed by atoms with Crippen LogP contribution in [0.1, 0.15) is 5.56 Å². The van der Waals surface area contributed by atoms with Gasteiger partial charge in [-0.3, -0.25) is 4.79 Å². The van der Waals surface area contributed by atoms with Gasteiger partial charge in [-0.05, 0) is 42.5 Å². The molecule has 0 atom stereocenters. The molecule has 0 aromatic heterocycles. The van der Waals surface area contributed by atoms with Gasteiger partial charge in [0.05, 0.1) is 23.1 Å². The van der Waals surface area contributed by atoms with Crippen LogP contribution < -0.4 is 10.0 Å². The van der Waals surface area contributed by atoms with Crippen molar-refractivity contribution in [1.29, 1.82) is 5.26 Å². The van der Waals surface area contributed by atoms with Gasteiger partial charge in [-0.15, -0.1) is 0 Å². The standard InChI is InChI=1S/C15H12BrN3O3S/c16-12-4-6-14(7-5-12)23(21,22)18-10-15(20)19-13-3-1-2-11(8-13)9-17/h1-8,18H,10H2,(H,19,20). The number of sulfonamides is 1. The summed E-state index contributed by atoms with van der Waals surface area (Å²) in [5.41, 5.74) is 0.829. The van der Waals surface area contributed by atoms with E-state index in [9.17, 15) is 13.2 Å². The molecule has 2 aromatic carbocycles. The largest absolute Gasteiger partial charge is 0.325 e. The van der Waals surface area contributed by atoms with Gasteiger partial charge >= 0.3 is 0 Å². The molecule has 8 heteroatoms. The summed E-state index contributed by atoms with van der Waals surface area (Å²) in [7, 11) is -3.76. The molecule has 0 radical (unpaired) electrons. The zero-order valence-electron chi connectivity index (χ0n) is 11.8. The van der Waals surface area contributed by atoms with E-state index < -0.39 is 22.5 Å². The Morgan fingerprint density at radius 3 is 2.52 bits per heavy atom. The molecule has 0 aliphatic carbocycles. The van der Waals surface area contributed by atoms with E-state index in [1.807, 2.05) is 6.07 Å². The third-order valence-electron chi connectivity index (χ3n) is 2.82. The highest BCUT2D eigenvalue weighted by Crippen LogP contribution is 2.14. The highest BCUT2D eigenvalue weighted by molar-refractivity contribution is 9.10. The zero-order valence-corrected chi connectivity index (χ0v) is 14.2. The van der Waals surface area contributed by atoms with Gasteiger partial charge in [0, 0.05) is 10.2 Å². The summed E-state index contributed by atoms with van der Waals surface area (Å²) in [6, 6.07) is 14.4. The predicted molar refractivity (Wildman–Crippen MR) is 89.1 cm³/mol. The Hall–Kier alpha value is -2.21. The topological polar surface area (TPSA) is 99.1 Å². The number of anilines is 1. The molecule has 6 nitrogen and oxygen atoms in total. The van der Waals surface area contributed by atoms with E-state index in [2.05, 4.69) is 26.0 Å². The van der Waals surface area contributed by atoms with Crippen molar-refractivity contribution in [2.24, 2.45) is 0 Å². The monoisotopic (exact) mass is 393 g/mol. The van der Waals surface area contributed by atoms with E-state index in [0.717, 1.165) is 4.47 Å². The molecule has 0 heterocycles. The Bertz CT molecular complexity index is 858. The first-order valence-corrected chi connectivity index (χ1v) is 8.73. The molecular formula is C15H12BrN3O3S. The maximum Gasteiger partial charge on any atom is 0.241 e. The van der Waals surface area contributed by atoms with Gasteiger partial charge in [-0.25, -0.2) is 13.1 Å². The van der Waals surface area contributed by atoms with Gasteiger partial charge in [-0.2, -0.15) is 5.26 Å². The number of carbonyl (C=O) groups excluding carboxylic acids is 1. The van der Waals surface area contributed by atoms with E-state index >= 15 is 0 Å².